The van der Waals surface area contributed by atoms with Gasteiger partial charge in [-0.15, -0.1) is 0 Å². The van der Waals surface area contributed by atoms with Crippen LogP contribution in [0.2, 0.25) is 0 Å². The van der Waals surface area contributed by atoms with Crippen molar-refractivity contribution in [3.05, 3.63) is 0 Å². The second-order valence-corrected chi connectivity index (χ2v) is 14.2. The lowest BCUT2D eigenvalue weighted by molar-refractivity contribution is -0.134. The molecule has 250 valence electrons. The topological polar surface area (TPSA) is 46.2 Å². The fourth-order valence-electron chi connectivity index (χ4n) is 6.12. The first-order chi connectivity index (χ1) is 20.4. The van der Waals surface area contributed by atoms with Crippen molar-refractivity contribution in [2.45, 2.75) is 227 Å². The number of Topliss-reactive ketones (excluding diaryl/α,β-unsaturated/α-hetero) is 1. The zero-order valence-corrected chi connectivity index (χ0v) is 29.4. The molecule has 0 radical (unpaired) electrons. The molecular weight excluding hydrogens is 514 g/mol. The van der Waals surface area contributed by atoms with E-state index < -0.39 is 5.41 Å². The van der Waals surface area contributed by atoms with Crippen LogP contribution in [0.25, 0.3) is 0 Å². The van der Waals surface area contributed by atoms with Crippen molar-refractivity contribution in [2.75, 3.05) is 6.54 Å². The van der Waals surface area contributed by atoms with Crippen LogP contribution in [0.4, 0.5) is 0 Å². The number of unbranched alkanes of at least 4 members (excludes halogenated alkanes) is 27. The highest BCUT2D eigenvalue weighted by atomic mass is 16.2. The van der Waals surface area contributed by atoms with E-state index in [9.17, 15) is 9.59 Å². The second kappa shape index (κ2) is 31.6. The van der Waals surface area contributed by atoms with Crippen molar-refractivity contribution in [3.8, 4) is 0 Å². The van der Waals surface area contributed by atoms with Gasteiger partial charge in [-0.1, -0.05) is 201 Å². The minimum Gasteiger partial charge on any atom is -0.356 e. The van der Waals surface area contributed by atoms with E-state index in [4.69, 9.17) is 0 Å². The maximum atomic E-state index is 12.6. The van der Waals surface area contributed by atoms with Gasteiger partial charge in [-0.2, -0.15) is 0 Å². The number of rotatable bonds is 34. The van der Waals surface area contributed by atoms with E-state index in [1.165, 1.54) is 167 Å². The Kier molecular flexibility index (Phi) is 30.9. The van der Waals surface area contributed by atoms with E-state index in [2.05, 4.69) is 19.2 Å². The molecule has 0 aromatic heterocycles. The Labute approximate surface area is 264 Å². The molecule has 0 saturated carbocycles. The molecule has 42 heavy (non-hydrogen) atoms. The Hall–Kier alpha value is -0.860. The lowest BCUT2D eigenvalue weighted by Crippen LogP contribution is -2.38. The summed E-state index contributed by atoms with van der Waals surface area (Å²) in [5, 5.41) is 3.09. The molecule has 0 aliphatic heterocycles. The number of carbonyl (C=O) groups excluding carboxylic acids is 2. The van der Waals surface area contributed by atoms with E-state index in [0.717, 1.165) is 25.8 Å². The average molecular weight is 592 g/mol. The van der Waals surface area contributed by atoms with E-state index >= 15 is 0 Å². The summed E-state index contributed by atoms with van der Waals surface area (Å²) in [5.41, 5.74) is -0.594. The third kappa shape index (κ3) is 29.2. The maximum absolute atomic E-state index is 12.6. The van der Waals surface area contributed by atoms with E-state index in [-0.39, 0.29) is 11.7 Å². The number of hydrogen-bond donors (Lipinski definition) is 1. The summed E-state index contributed by atoms with van der Waals surface area (Å²) in [6.45, 7) is 9.15. The van der Waals surface area contributed by atoms with Crippen molar-refractivity contribution < 1.29 is 9.59 Å². The smallest absolute Gasteiger partial charge is 0.226 e. The summed E-state index contributed by atoms with van der Waals surface area (Å²) >= 11 is 0. The first-order valence-electron chi connectivity index (χ1n) is 19.2. The van der Waals surface area contributed by atoms with Crippen molar-refractivity contribution in [2.24, 2.45) is 5.41 Å². The largest absolute Gasteiger partial charge is 0.356 e. The van der Waals surface area contributed by atoms with Gasteiger partial charge in [0, 0.05) is 19.4 Å². The molecular formula is C39H77NO2. The molecule has 0 aromatic carbocycles. The maximum Gasteiger partial charge on any atom is 0.226 e. The summed E-state index contributed by atoms with van der Waals surface area (Å²) < 4.78 is 0. The third-order valence-corrected chi connectivity index (χ3v) is 9.13. The molecule has 0 heterocycles. The molecule has 1 N–H and O–H groups in total. The van der Waals surface area contributed by atoms with E-state index in [0.29, 0.717) is 12.8 Å². The van der Waals surface area contributed by atoms with Gasteiger partial charge >= 0.3 is 0 Å². The molecule has 0 fully saturated rings. The molecule has 3 nitrogen and oxygen atoms in total. The van der Waals surface area contributed by atoms with Gasteiger partial charge in [0.1, 0.15) is 5.78 Å². The normalized spacial score (nSPS) is 11.7. The van der Waals surface area contributed by atoms with Crippen LogP contribution < -0.4 is 5.32 Å². The van der Waals surface area contributed by atoms with Gasteiger partial charge < -0.3 is 5.32 Å². The summed E-state index contributed by atoms with van der Waals surface area (Å²) in [6, 6.07) is 0. The minimum atomic E-state index is -0.594. The molecule has 3 heteroatoms. The van der Waals surface area contributed by atoms with Crippen LogP contribution in [-0.2, 0) is 9.59 Å². The number of carbonyl (C=O) groups is 2. The van der Waals surface area contributed by atoms with Crippen LogP contribution in [0.5, 0.6) is 0 Å². The standard InChI is InChI=1S/C39H77NO2/c1-5-7-9-11-13-15-17-18-19-20-21-22-23-24-25-26-28-30-32-34-37(41)36-39(3,4)38(42)40-35-33-31-29-27-16-14-12-10-8-6-2/h5-36H2,1-4H3,(H,40,42). The molecule has 0 atom stereocenters. The van der Waals surface area contributed by atoms with Gasteiger partial charge in [0.05, 0.1) is 5.41 Å². The lowest BCUT2D eigenvalue weighted by Gasteiger charge is -2.23. The number of hydrogen-bond acceptors (Lipinski definition) is 2. The summed E-state index contributed by atoms with van der Waals surface area (Å²) in [7, 11) is 0. The molecule has 0 aromatic rings. The Morgan fingerprint density at radius 2 is 0.714 bits per heavy atom. The van der Waals surface area contributed by atoms with Crippen LogP contribution in [0.1, 0.15) is 227 Å². The molecule has 0 saturated heterocycles. The van der Waals surface area contributed by atoms with E-state index in [1.54, 1.807) is 0 Å². The van der Waals surface area contributed by atoms with Crippen molar-refractivity contribution in [1.29, 1.82) is 0 Å². The predicted octanol–water partition coefficient (Wildman–Crippen LogP) is 12.8. The number of ketones is 1. The van der Waals surface area contributed by atoms with Gasteiger partial charge in [-0.05, 0) is 12.8 Å². The highest BCUT2D eigenvalue weighted by Gasteiger charge is 2.29. The second-order valence-electron chi connectivity index (χ2n) is 14.2. The van der Waals surface area contributed by atoms with Crippen LogP contribution in [-0.4, -0.2) is 18.2 Å². The Morgan fingerprint density at radius 3 is 1.05 bits per heavy atom. The lowest BCUT2D eigenvalue weighted by atomic mass is 9.85. The number of amides is 1. The van der Waals surface area contributed by atoms with Gasteiger partial charge in [0.25, 0.3) is 0 Å². The fourth-order valence-corrected chi connectivity index (χ4v) is 6.12. The van der Waals surface area contributed by atoms with Gasteiger partial charge in [0.15, 0.2) is 0 Å². The summed E-state index contributed by atoms with van der Waals surface area (Å²) in [4.78, 5) is 25.2. The molecule has 0 aliphatic rings. The van der Waals surface area contributed by atoms with E-state index in [1.807, 2.05) is 13.8 Å². The highest BCUT2D eigenvalue weighted by molar-refractivity contribution is 5.89. The van der Waals surface area contributed by atoms with Crippen molar-refractivity contribution >= 4 is 11.7 Å². The summed E-state index contributed by atoms with van der Waals surface area (Å²) in [6.07, 6.45) is 40.0. The zero-order valence-electron chi connectivity index (χ0n) is 29.4. The van der Waals surface area contributed by atoms with Crippen LogP contribution >= 0.6 is 0 Å². The Balaban J connectivity index is 3.50. The van der Waals surface area contributed by atoms with Crippen molar-refractivity contribution in [1.82, 2.24) is 5.32 Å². The third-order valence-electron chi connectivity index (χ3n) is 9.13. The minimum absolute atomic E-state index is 0.0416. The van der Waals surface area contributed by atoms with Crippen LogP contribution in [0.15, 0.2) is 0 Å². The summed E-state index contributed by atoms with van der Waals surface area (Å²) in [5.74, 6) is 0.293. The first kappa shape index (κ1) is 41.1. The molecule has 0 spiro atoms. The zero-order chi connectivity index (χ0) is 31.0. The van der Waals surface area contributed by atoms with Gasteiger partial charge in [0.2, 0.25) is 5.91 Å². The molecule has 0 aliphatic carbocycles. The quantitative estimate of drug-likeness (QED) is 0.0756. The predicted molar refractivity (Wildman–Crippen MR) is 186 cm³/mol. The van der Waals surface area contributed by atoms with Crippen LogP contribution in [0.3, 0.4) is 0 Å². The molecule has 0 unspecified atom stereocenters. The van der Waals surface area contributed by atoms with Crippen LogP contribution in [0, 0.1) is 5.41 Å². The van der Waals surface area contributed by atoms with Gasteiger partial charge in [-0.3, -0.25) is 9.59 Å². The fraction of sp³-hybridized carbons (Fsp3) is 0.949. The van der Waals surface area contributed by atoms with Crippen molar-refractivity contribution in [3.63, 3.8) is 0 Å². The van der Waals surface area contributed by atoms with Gasteiger partial charge in [-0.25, -0.2) is 0 Å². The number of nitrogens with one attached hydrogen (secondary N) is 1. The molecule has 0 bridgehead atoms. The monoisotopic (exact) mass is 592 g/mol. The molecule has 1 amide bonds. The highest BCUT2D eigenvalue weighted by Crippen LogP contribution is 2.23. The first-order valence-corrected chi connectivity index (χ1v) is 19.2. The average Bonchev–Trinajstić information content (AvgIpc) is 2.96. The molecule has 0 rings (SSSR count). The SMILES string of the molecule is CCCCCCCCCCCCCCCCCCCCCC(=O)CC(C)(C)C(=O)NCCCCCCCCCCCC. The Morgan fingerprint density at radius 1 is 0.429 bits per heavy atom. The Bertz CT molecular complexity index is 585.